The standard InChI is InChI=1S/C9H10ClNO3/c10-6-1-2-7(5(3-6)4-12)8(11)9(13)14/h1-3,8,12H,4,11H2,(H,13,14)/t8-/m0/s1. The van der Waals surface area contributed by atoms with Crippen molar-refractivity contribution in [2.45, 2.75) is 12.6 Å². The second-order valence-corrected chi connectivity index (χ2v) is 3.25. The Bertz CT molecular complexity index is 354. The molecule has 4 nitrogen and oxygen atoms in total. The highest BCUT2D eigenvalue weighted by Gasteiger charge is 2.17. The average molecular weight is 216 g/mol. The molecular weight excluding hydrogens is 206 g/mol. The summed E-state index contributed by atoms with van der Waals surface area (Å²) in [7, 11) is 0. The molecule has 0 heterocycles. The van der Waals surface area contributed by atoms with Crippen LogP contribution in [-0.4, -0.2) is 16.2 Å². The van der Waals surface area contributed by atoms with Crippen molar-refractivity contribution in [3.63, 3.8) is 0 Å². The summed E-state index contributed by atoms with van der Waals surface area (Å²) in [5.74, 6) is -1.14. The van der Waals surface area contributed by atoms with E-state index in [0.717, 1.165) is 0 Å². The molecule has 0 saturated carbocycles. The first kappa shape index (κ1) is 11.0. The number of benzene rings is 1. The monoisotopic (exact) mass is 215 g/mol. The van der Waals surface area contributed by atoms with Gasteiger partial charge >= 0.3 is 5.97 Å². The Balaban J connectivity index is 3.13. The van der Waals surface area contributed by atoms with E-state index in [-0.39, 0.29) is 6.61 Å². The van der Waals surface area contributed by atoms with Gasteiger partial charge in [0.2, 0.25) is 0 Å². The molecule has 0 fully saturated rings. The number of aliphatic hydroxyl groups excluding tert-OH is 1. The Morgan fingerprint density at radius 3 is 2.71 bits per heavy atom. The van der Waals surface area contributed by atoms with Crippen molar-refractivity contribution in [2.24, 2.45) is 5.73 Å². The van der Waals surface area contributed by atoms with E-state index in [1.807, 2.05) is 0 Å². The number of rotatable bonds is 3. The third kappa shape index (κ3) is 2.23. The molecule has 0 saturated heterocycles. The first-order valence-corrected chi connectivity index (χ1v) is 4.31. The third-order valence-electron chi connectivity index (χ3n) is 1.88. The number of carbonyl (C=O) groups is 1. The van der Waals surface area contributed by atoms with Gasteiger partial charge in [0, 0.05) is 5.02 Å². The van der Waals surface area contributed by atoms with Gasteiger partial charge in [0.15, 0.2) is 0 Å². The number of hydrogen-bond donors (Lipinski definition) is 3. The molecule has 1 aromatic rings. The van der Waals surface area contributed by atoms with Gasteiger partial charge < -0.3 is 15.9 Å². The molecule has 0 radical (unpaired) electrons. The first-order chi connectivity index (χ1) is 6.56. The van der Waals surface area contributed by atoms with Gasteiger partial charge in [-0.3, -0.25) is 4.79 Å². The minimum atomic E-state index is -1.14. The van der Waals surface area contributed by atoms with Crippen LogP contribution in [0.1, 0.15) is 17.2 Å². The van der Waals surface area contributed by atoms with E-state index in [9.17, 15) is 4.79 Å². The van der Waals surface area contributed by atoms with Crippen molar-refractivity contribution in [2.75, 3.05) is 0 Å². The fourth-order valence-electron chi connectivity index (χ4n) is 1.15. The highest BCUT2D eigenvalue weighted by Crippen LogP contribution is 2.20. The number of nitrogens with two attached hydrogens (primary N) is 1. The number of carboxylic acids is 1. The number of aliphatic hydroxyl groups is 1. The van der Waals surface area contributed by atoms with Gasteiger partial charge in [0.25, 0.3) is 0 Å². The maximum atomic E-state index is 10.6. The molecule has 4 N–H and O–H groups in total. The van der Waals surface area contributed by atoms with Crippen molar-refractivity contribution in [1.82, 2.24) is 0 Å². The molecule has 0 unspecified atom stereocenters. The Kier molecular flexibility index (Phi) is 3.46. The third-order valence-corrected chi connectivity index (χ3v) is 2.11. The summed E-state index contributed by atoms with van der Waals surface area (Å²) in [6.07, 6.45) is 0. The lowest BCUT2D eigenvalue weighted by Gasteiger charge is -2.11. The summed E-state index contributed by atoms with van der Waals surface area (Å²) < 4.78 is 0. The molecule has 0 aliphatic heterocycles. The normalized spacial score (nSPS) is 12.5. The zero-order valence-electron chi connectivity index (χ0n) is 7.27. The maximum Gasteiger partial charge on any atom is 0.325 e. The van der Waals surface area contributed by atoms with Crippen LogP contribution in [0.15, 0.2) is 18.2 Å². The summed E-state index contributed by atoms with van der Waals surface area (Å²) in [6.45, 7) is -0.281. The van der Waals surface area contributed by atoms with E-state index in [2.05, 4.69) is 0 Å². The molecule has 76 valence electrons. The molecule has 0 aliphatic carbocycles. The van der Waals surface area contributed by atoms with Gasteiger partial charge in [-0.25, -0.2) is 0 Å². The zero-order valence-corrected chi connectivity index (χ0v) is 8.03. The van der Waals surface area contributed by atoms with Crippen LogP contribution in [-0.2, 0) is 11.4 Å². The van der Waals surface area contributed by atoms with Gasteiger partial charge in [0.05, 0.1) is 6.61 Å². The van der Waals surface area contributed by atoms with Crippen molar-refractivity contribution < 1.29 is 15.0 Å². The SMILES string of the molecule is N[C@H](C(=O)O)c1ccc(Cl)cc1CO. The van der Waals surface area contributed by atoms with Crippen LogP contribution < -0.4 is 5.73 Å². The van der Waals surface area contributed by atoms with Gasteiger partial charge in [0.1, 0.15) is 6.04 Å². The van der Waals surface area contributed by atoms with E-state index >= 15 is 0 Å². The average Bonchev–Trinajstić information content (AvgIpc) is 2.16. The fourth-order valence-corrected chi connectivity index (χ4v) is 1.34. The molecule has 0 spiro atoms. The van der Waals surface area contributed by atoms with Crippen LogP contribution in [0, 0.1) is 0 Å². The van der Waals surface area contributed by atoms with E-state index in [1.165, 1.54) is 12.1 Å². The van der Waals surface area contributed by atoms with Crippen LogP contribution in [0.2, 0.25) is 5.02 Å². The summed E-state index contributed by atoms with van der Waals surface area (Å²) in [5.41, 5.74) is 6.23. The Labute approximate surface area is 85.9 Å². The fraction of sp³-hybridized carbons (Fsp3) is 0.222. The molecule has 1 rings (SSSR count). The van der Waals surface area contributed by atoms with E-state index < -0.39 is 12.0 Å². The highest BCUT2D eigenvalue weighted by atomic mass is 35.5. The van der Waals surface area contributed by atoms with E-state index in [0.29, 0.717) is 16.1 Å². The predicted octanol–water partition coefficient (Wildman–Crippen LogP) is 0.917. The van der Waals surface area contributed by atoms with Crippen LogP contribution in [0.5, 0.6) is 0 Å². The largest absolute Gasteiger partial charge is 0.480 e. The smallest absolute Gasteiger partial charge is 0.325 e. The molecule has 0 bridgehead atoms. The Morgan fingerprint density at radius 1 is 1.57 bits per heavy atom. The summed E-state index contributed by atoms with van der Waals surface area (Å²) in [5, 5.41) is 18.1. The number of halogens is 1. The molecule has 14 heavy (non-hydrogen) atoms. The van der Waals surface area contributed by atoms with Gasteiger partial charge in [-0.05, 0) is 23.3 Å². The molecule has 1 atom stereocenters. The van der Waals surface area contributed by atoms with E-state index in [1.54, 1.807) is 6.07 Å². The number of aliphatic carboxylic acids is 1. The van der Waals surface area contributed by atoms with Crippen LogP contribution >= 0.6 is 11.6 Å². The van der Waals surface area contributed by atoms with Crippen molar-refractivity contribution >= 4 is 17.6 Å². The van der Waals surface area contributed by atoms with Gasteiger partial charge in [-0.2, -0.15) is 0 Å². The van der Waals surface area contributed by atoms with Crippen LogP contribution in [0.3, 0.4) is 0 Å². The Morgan fingerprint density at radius 2 is 2.21 bits per heavy atom. The van der Waals surface area contributed by atoms with Gasteiger partial charge in [-0.15, -0.1) is 0 Å². The summed E-state index contributed by atoms with van der Waals surface area (Å²) in [4.78, 5) is 10.6. The quantitative estimate of drug-likeness (QED) is 0.700. The topological polar surface area (TPSA) is 83.6 Å². The predicted molar refractivity (Wildman–Crippen MR) is 51.9 cm³/mol. The number of hydrogen-bond acceptors (Lipinski definition) is 3. The van der Waals surface area contributed by atoms with Crippen molar-refractivity contribution in [3.8, 4) is 0 Å². The molecule has 0 aromatic heterocycles. The minimum absolute atomic E-state index is 0.281. The highest BCUT2D eigenvalue weighted by molar-refractivity contribution is 6.30. The van der Waals surface area contributed by atoms with Crippen LogP contribution in [0.4, 0.5) is 0 Å². The maximum absolute atomic E-state index is 10.6. The Hall–Kier alpha value is -1.10. The molecule has 1 aromatic carbocycles. The molecule has 5 heteroatoms. The summed E-state index contributed by atoms with van der Waals surface area (Å²) >= 11 is 5.68. The lowest BCUT2D eigenvalue weighted by Crippen LogP contribution is -2.22. The van der Waals surface area contributed by atoms with E-state index in [4.69, 9.17) is 27.5 Å². The number of carboxylic acid groups (broad SMARTS) is 1. The second-order valence-electron chi connectivity index (χ2n) is 2.82. The van der Waals surface area contributed by atoms with Crippen LogP contribution in [0.25, 0.3) is 0 Å². The first-order valence-electron chi connectivity index (χ1n) is 3.94. The molecule has 0 aliphatic rings. The minimum Gasteiger partial charge on any atom is -0.480 e. The molecule has 0 amide bonds. The lowest BCUT2D eigenvalue weighted by atomic mass is 10.0. The lowest BCUT2D eigenvalue weighted by molar-refractivity contribution is -0.138. The zero-order chi connectivity index (χ0) is 10.7. The van der Waals surface area contributed by atoms with Gasteiger partial charge in [-0.1, -0.05) is 17.7 Å². The van der Waals surface area contributed by atoms with Crippen molar-refractivity contribution in [3.05, 3.63) is 34.3 Å². The van der Waals surface area contributed by atoms with Crippen molar-refractivity contribution in [1.29, 1.82) is 0 Å². The summed E-state index contributed by atoms with van der Waals surface area (Å²) in [6, 6.07) is 3.42. The second kappa shape index (κ2) is 4.41. The molecular formula is C9H10ClNO3.